The van der Waals surface area contributed by atoms with Crippen LogP contribution in [0.15, 0.2) is 46.9 Å². The minimum Gasteiger partial charge on any atom is -0.507 e. The molecule has 4 aliphatic rings. The third-order valence-corrected chi connectivity index (χ3v) is 11.7. The van der Waals surface area contributed by atoms with Crippen LogP contribution in [0.2, 0.25) is 0 Å². The molecular formula is C36H48BrN5O5. The molecule has 0 bridgehead atoms. The topological polar surface area (TPSA) is 106 Å². The fraction of sp³-hybridized carbons (Fsp3) is 0.583. The molecule has 2 aromatic rings. The van der Waals surface area contributed by atoms with E-state index in [0.717, 1.165) is 68.5 Å². The van der Waals surface area contributed by atoms with Gasteiger partial charge >= 0.3 is 12.1 Å². The number of carbonyl (C=O) groups is 3. The first kappa shape index (κ1) is 33.7. The van der Waals surface area contributed by atoms with Gasteiger partial charge in [-0.05, 0) is 102 Å². The Morgan fingerprint density at radius 2 is 1.74 bits per heavy atom. The summed E-state index contributed by atoms with van der Waals surface area (Å²) in [5.41, 5.74) is 2.16. The summed E-state index contributed by atoms with van der Waals surface area (Å²) in [7, 11) is 0. The predicted octanol–water partition coefficient (Wildman–Crippen LogP) is 6.22. The van der Waals surface area contributed by atoms with E-state index in [1.807, 2.05) is 23.1 Å². The van der Waals surface area contributed by atoms with Gasteiger partial charge in [-0.1, -0.05) is 38.1 Å². The minimum absolute atomic E-state index is 0.0367. The van der Waals surface area contributed by atoms with Gasteiger partial charge in [0.05, 0.1) is 4.47 Å². The number of aldehydes is 1. The lowest BCUT2D eigenvalue weighted by molar-refractivity contribution is -0.128. The minimum atomic E-state index is -0.911. The molecule has 3 amide bonds. The molecular weight excluding hydrogens is 662 g/mol. The first-order valence-electron chi connectivity index (χ1n) is 17.1. The number of hydrogen-bond acceptors (Lipinski definition) is 7. The number of nitrogens with zero attached hydrogens (tertiary/aromatic N) is 4. The predicted molar refractivity (Wildman–Crippen MR) is 184 cm³/mol. The molecule has 254 valence electrons. The summed E-state index contributed by atoms with van der Waals surface area (Å²) in [5, 5.41) is 13.0. The second-order valence-electron chi connectivity index (χ2n) is 14.4. The van der Waals surface area contributed by atoms with Crippen LogP contribution in [0.25, 0.3) is 0 Å². The third kappa shape index (κ3) is 7.32. The number of hydrogen-bond donors (Lipinski definition) is 2. The zero-order chi connectivity index (χ0) is 33.2. The molecule has 4 heterocycles. The lowest BCUT2D eigenvalue weighted by Crippen LogP contribution is -2.70. The highest BCUT2D eigenvalue weighted by Crippen LogP contribution is 2.41. The number of phenols is 1. The summed E-state index contributed by atoms with van der Waals surface area (Å²) in [6.07, 6.45) is 6.72. The lowest BCUT2D eigenvalue weighted by Gasteiger charge is -2.57. The number of anilines is 1. The quantitative estimate of drug-likeness (QED) is 0.329. The summed E-state index contributed by atoms with van der Waals surface area (Å²) >= 11 is 3.34. The Bertz CT molecular complexity index is 1450. The fourth-order valence-corrected chi connectivity index (χ4v) is 8.53. The van der Waals surface area contributed by atoms with Crippen molar-refractivity contribution in [2.24, 2.45) is 5.41 Å². The van der Waals surface area contributed by atoms with Crippen molar-refractivity contribution in [1.82, 2.24) is 19.6 Å². The number of ether oxygens (including phenoxy) is 1. The Labute approximate surface area is 286 Å². The number of carbonyl (C=O) groups excluding carboxylic acids is 3. The molecule has 2 atom stereocenters. The average molecular weight is 711 g/mol. The largest absolute Gasteiger partial charge is 0.507 e. The Morgan fingerprint density at radius 1 is 1.02 bits per heavy atom. The van der Waals surface area contributed by atoms with Crippen LogP contribution in [0.3, 0.4) is 0 Å². The van der Waals surface area contributed by atoms with Gasteiger partial charge in [-0.25, -0.2) is 9.59 Å². The van der Waals surface area contributed by atoms with E-state index in [1.54, 1.807) is 23.1 Å². The van der Waals surface area contributed by atoms with Crippen molar-refractivity contribution in [3.05, 3.63) is 58.1 Å². The van der Waals surface area contributed by atoms with Gasteiger partial charge in [-0.15, -0.1) is 0 Å². The van der Waals surface area contributed by atoms with Crippen LogP contribution in [0.5, 0.6) is 5.75 Å². The van der Waals surface area contributed by atoms with Crippen LogP contribution in [0.1, 0.15) is 69.9 Å². The molecule has 4 aliphatic heterocycles. The maximum atomic E-state index is 14.0. The van der Waals surface area contributed by atoms with Gasteiger partial charge < -0.3 is 29.8 Å². The van der Waals surface area contributed by atoms with E-state index in [4.69, 9.17) is 4.74 Å². The highest BCUT2D eigenvalue weighted by atomic mass is 79.9. The molecule has 0 saturated carbocycles. The Balaban J connectivity index is 1.23. The van der Waals surface area contributed by atoms with Crippen molar-refractivity contribution in [1.29, 1.82) is 0 Å². The Hall–Kier alpha value is -3.15. The van der Waals surface area contributed by atoms with Crippen LogP contribution in [0.4, 0.5) is 15.3 Å². The van der Waals surface area contributed by atoms with Crippen LogP contribution in [0, 0.1) is 5.41 Å². The maximum absolute atomic E-state index is 14.0. The number of piperidine rings is 3. The molecule has 2 aromatic carbocycles. The first-order valence-corrected chi connectivity index (χ1v) is 17.9. The fourth-order valence-electron chi connectivity index (χ4n) is 8.10. The highest BCUT2D eigenvalue weighted by Gasteiger charge is 2.52. The molecule has 0 aromatic heterocycles. The number of urea groups is 1. The van der Waals surface area contributed by atoms with Crippen LogP contribution < -0.4 is 5.32 Å². The highest BCUT2D eigenvalue weighted by molar-refractivity contribution is 9.10. The molecule has 11 heteroatoms. The van der Waals surface area contributed by atoms with Gasteiger partial charge in [0.15, 0.2) is 0 Å². The number of aromatic hydroxyl groups is 1. The summed E-state index contributed by atoms with van der Waals surface area (Å²) in [4.78, 5) is 48.8. The zero-order valence-corrected chi connectivity index (χ0v) is 29.2. The third-order valence-electron chi connectivity index (χ3n) is 11.1. The van der Waals surface area contributed by atoms with Crippen molar-refractivity contribution in [2.45, 2.75) is 89.6 Å². The number of nitrogens with one attached hydrogen (secondary N) is 1. The molecule has 3 saturated heterocycles. The number of phenolic OH excluding ortho intramolecular Hbond substituents is 1. The SMILES string of the molecule is CC1(C)CCN(C2CCN([C@]3(CC=O)C[C@H](N4CCc5ccccc5NC4=O)CCN3C(=O)OCc3ccc(O)c(Br)c3)CC2)CC1. The number of benzene rings is 2. The number of likely N-dealkylation sites (tertiary alicyclic amines) is 3. The van der Waals surface area contributed by atoms with Gasteiger partial charge in [0.2, 0.25) is 0 Å². The maximum Gasteiger partial charge on any atom is 0.411 e. The Kier molecular flexibility index (Phi) is 10.2. The van der Waals surface area contributed by atoms with Crippen molar-refractivity contribution >= 4 is 40.0 Å². The van der Waals surface area contributed by atoms with Gasteiger partial charge in [0, 0.05) is 56.8 Å². The van der Waals surface area contributed by atoms with Crippen molar-refractivity contribution < 1.29 is 24.2 Å². The molecule has 6 rings (SSSR count). The van der Waals surface area contributed by atoms with E-state index in [2.05, 4.69) is 51.0 Å². The van der Waals surface area contributed by atoms with Crippen molar-refractivity contribution in [3.8, 4) is 5.75 Å². The van der Waals surface area contributed by atoms with E-state index in [0.29, 0.717) is 41.9 Å². The molecule has 2 N–H and O–H groups in total. The lowest BCUT2D eigenvalue weighted by atomic mass is 9.81. The number of halogens is 1. The monoisotopic (exact) mass is 709 g/mol. The molecule has 10 nitrogen and oxygen atoms in total. The van der Waals surface area contributed by atoms with Crippen LogP contribution in [-0.4, -0.2) is 100 Å². The molecule has 47 heavy (non-hydrogen) atoms. The summed E-state index contributed by atoms with van der Waals surface area (Å²) in [6.45, 7) is 9.42. The van der Waals surface area contributed by atoms with E-state index in [-0.39, 0.29) is 30.9 Å². The summed E-state index contributed by atoms with van der Waals surface area (Å²) < 4.78 is 6.42. The number of para-hydroxylation sites is 1. The summed E-state index contributed by atoms with van der Waals surface area (Å²) in [5.74, 6) is 0.115. The average Bonchev–Trinajstić information content (AvgIpc) is 3.23. The van der Waals surface area contributed by atoms with Crippen molar-refractivity contribution in [3.63, 3.8) is 0 Å². The molecule has 0 radical (unpaired) electrons. The number of amides is 3. The summed E-state index contributed by atoms with van der Waals surface area (Å²) in [6, 6.07) is 13.1. The second kappa shape index (κ2) is 14.1. The molecule has 3 fully saturated rings. The van der Waals surface area contributed by atoms with E-state index in [1.165, 1.54) is 12.8 Å². The van der Waals surface area contributed by atoms with Gasteiger partial charge in [0.1, 0.15) is 24.3 Å². The standard InChI is InChI=1S/C36H48BrN5O5/c1-35(2)13-20-39(21-14-35)28-10-16-40(17-11-28)36(15-22-43)24-29(41-18-9-27-5-3-4-6-31(27)38-33(41)45)12-19-42(36)34(46)47-25-26-7-8-32(44)30(37)23-26/h3-8,22-23,28-29,44H,9-21,24-25H2,1-2H3,(H,38,45)/t29-,36+/m1/s1. The second-order valence-corrected chi connectivity index (χ2v) is 15.3. The normalized spacial score (nSPS) is 25.9. The smallest absolute Gasteiger partial charge is 0.411 e. The Morgan fingerprint density at radius 3 is 2.47 bits per heavy atom. The van der Waals surface area contributed by atoms with Gasteiger partial charge in [-0.2, -0.15) is 0 Å². The molecule has 0 unspecified atom stereocenters. The molecule has 0 spiro atoms. The number of rotatable bonds is 7. The first-order chi connectivity index (χ1) is 22.6. The van der Waals surface area contributed by atoms with Crippen molar-refractivity contribution in [2.75, 3.05) is 44.6 Å². The van der Waals surface area contributed by atoms with Gasteiger partial charge in [0.25, 0.3) is 0 Å². The van der Waals surface area contributed by atoms with E-state index in [9.17, 15) is 19.5 Å². The van der Waals surface area contributed by atoms with Gasteiger partial charge in [-0.3, -0.25) is 9.80 Å². The molecule has 0 aliphatic carbocycles. The van der Waals surface area contributed by atoms with E-state index < -0.39 is 11.8 Å². The zero-order valence-electron chi connectivity index (χ0n) is 27.6. The van der Waals surface area contributed by atoms with Crippen LogP contribution >= 0.6 is 15.9 Å². The number of fused-ring (bicyclic) bond motifs is 1. The van der Waals surface area contributed by atoms with E-state index >= 15 is 0 Å². The van der Waals surface area contributed by atoms with Crippen LogP contribution in [-0.2, 0) is 22.6 Å².